The molecule has 2 rings (SSSR count). The van der Waals surface area contributed by atoms with Gasteiger partial charge in [0.2, 0.25) is 0 Å². The van der Waals surface area contributed by atoms with Crippen LogP contribution in [0.5, 0.6) is 0 Å². The van der Waals surface area contributed by atoms with Crippen LogP contribution in [0.1, 0.15) is 11.1 Å². The van der Waals surface area contributed by atoms with E-state index in [1.807, 2.05) is 4.57 Å². The van der Waals surface area contributed by atoms with Gasteiger partial charge in [-0.05, 0) is 37.1 Å². The molecule has 0 N–H and O–H groups in total. The standard InChI is InChI=1S/C13H13NO/c1-10-7-11(2)9-12(8-10)14-5-3-13(15)4-6-14/h3-9H,1-2H3. The van der Waals surface area contributed by atoms with Crippen LogP contribution in [0.15, 0.2) is 47.5 Å². The Morgan fingerprint density at radius 2 is 1.47 bits per heavy atom. The largest absolute Gasteiger partial charge is 0.324 e. The number of aromatic nitrogens is 1. The van der Waals surface area contributed by atoms with Crippen LogP contribution in [0.2, 0.25) is 0 Å². The first kappa shape index (κ1) is 9.71. The number of pyridine rings is 1. The Kier molecular flexibility index (Phi) is 2.42. The number of hydrogen-bond donors (Lipinski definition) is 0. The van der Waals surface area contributed by atoms with E-state index in [4.69, 9.17) is 0 Å². The van der Waals surface area contributed by atoms with E-state index in [1.54, 1.807) is 24.5 Å². The van der Waals surface area contributed by atoms with Crippen molar-refractivity contribution in [1.29, 1.82) is 0 Å². The first-order chi connectivity index (χ1) is 7.15. The summed E-state index contributed by atoms with van der Waals surface area (Å²) in [5.41, 5.74) is 3.58. The van der Waals surface area contributed by atoms with Crippen molar-refractivity contribution in [3.05, 3.63) is 64.1 Å². The summed E-state index contributed by atoms with van der Waals surface area (Å²) < 4.78 is 1.95. The van der Waals surface area contributed by atoms with Crippen LogP contribution in [-0.2, 0) is 0 Å². The van der Waals surface area contributed by atoms with E-state index in [0.717, 1.165) is 5.69 Å². The van der Waals surface area contributed by atoms with Crippen molar-refractivity contribution >= 4 is 0 Å². The normalized spacial score (nSPS) is 10.3. The molecule has 0 fully saturated rings. The zero-order valence-electron chi connectivity index (χ0n) is 8.90. The number of rotatable bonds is 1. The SMILES string of the molecule is Cc1cc(C)cc(-n2ccc(=O)cc2)c1. The Hall–Kier alpha value is -1.83. The number of nitrogens with zero attached hydrogens (tertiary/aromatic N) is 1. The molecule has 0 saturated heterocycles. The maximum absolute atomic E-state index is 11.0. The Morgan fingerprint density at radius 1 is 0.933 bits per heavy atom. The third-order valence-corrected chi connectivity index (χ3v) is 2.30. The minimum atomic E-state index is 0.0376. The summed E-state index contributed by atoms with van der Waals surface area (Å²) in [6, 6.07) is 9.45. The van der Waals surface area contributed by atoms with Crippen molar-refractivity contribution in [3.63, 3.8) is 0 Å². The molecule has 0 aliphatic carbocycles. The van der Waals surface area contributed by atoms with Gasteiger partial charge < -0.3 is 4.57 Å². The van der Waals surface area contributed by atoms with Gasteiger partial charge in [-0.2, -0.15) is 0 Å². The maximum atomic E-state index is 11.0. The molecule has 1 aromatic heterocycles. The van der Waals surface area contributed by atoms with Crippen molar-refractivity contribution in [2.24, 2.45) is 0 Å². The summed E-state index contributed by atoms with van der Waals surface area (Å²) in [6.45, 7) is 4.14. The zero-order valence-corrected chi connectivity index (χ0v) is 8.90. The molecule has 0 atom stereocenters. The molecule has 2 aromatic rings. The second-order valence-corrected chi connectivity index (χ2v) is 3.79. The molecule has 1 aromatic carbocycles. The topological polar surface area (TPSA) is 22.0 Å². The second kappa shape index (κ2) is 3.73. The van der Waals surface area contributed by atoms with Crippen molar-refractivity contribution in [2.45, 2.75) is 13.8 Å². The Labute approximate surface area is 88.8 Å². The number of aryl methyl sites for hydroxylation is 2. The van der Waals surface area contributed by atoms with Gasteiger partial charge >= 0.3 is 0 Å². The predicted octanol–water partition coefficient (Wildman–Crippen LogP) is 2.45. The van der Waals surface area contributed by atoms with Gasteiger partial charge in [0, 0.05) is 30.2 Å². The lowest BCUT2D eigenvalue weighted by Crippen LogP contribution is -2.02. The molecule has 0 unspecified atom stereocenters. The van der Waals surface area contributed by atoms with E-state index in [1.165, 1.54) is 11.1 Å². The highest BCUT2D eigenvalue weighted by Crippen LogP contribution is 2.12. The average molecular weight is 199 g/mol. The minimum absolute atomic E-state index is 0.0376. The van der Waals surface area contributed by atoms with Crippen LogP contribution >= 0.6 is 0 Å². The molecule has 1 heterocycles. The summed E-state index contributed by atoms with van der Waals surface area (Å²) in [5, 5.41) is 0. The summed E-state index contributed by atoms with van der Waals surface area (Å²) in [6.07, 6.45) is 3.58. The smallest absolute Gasteiger partial charge is 0.181 e. The first-order valence-corrected chi connectivity index (χ1v) is 4.92. The molecule has 2 heteroatoms. The molecule has 2 nitrogen and oxygen atoms in total. The molecule has 76 valence electrons. The molecule has 0 aliphatic rings. The first-order valence-electron chi connectivity index (χ1n) is 4.92. The van der Waals surface area contributed by atoms with Gasteiger partial charge in [-0.3, -0.25) is 4.79 Å². The molecule has 0 amide bonds. The molecular weight excluding hydrogens is 186 g/mol. The predicted molar refractivity (Wildman–Crippen MR) is 61.5 cm³/mol. The number of benzene rings is 1. The molecule has 0 aliphatic heterocycles. The second-order valence-electron chi connectivity index (χ2n) is 3.79. The van der Waals surface area contributed by atoms with E-state index in [0.29, 0.717) is 0 Å². The number of hydrogen-bond acceptors (Lipinski definition) is 1. The van der Waals surface area contributed by atoms with Crippen molar-refractivity contribution < 1.29 is 0 Å². The highest BCUT2D eigenvalue weighted by Gasteiger charge is 1.96. The monoisotopic (exact) mass is 199 g/mol. The van der Waals surface area contributed by atoms with Gasteiger partial charge in [-0.15, -0.1) is 0 Å². The van der Waals surface area contributed by atoms with Gasteiger partial charge in [-0.25, -0.2) is 0 Å². The summed E-state index contributed by atoms with van der Waals surface area (Å²) in [5.74, 6) is 0. The average Bonchev–Trinajstić information content (AvgIpc) is 2.17. The van der Waals surface area contributed by atoms with Crippen molar-refractivity contribution in [3.8, 4) is 5.69 Å². The lowest BCUT2D eigenvalue weighted by Gasteiger charge is -2.07. The quantitative estimate of drug-likeness (QED) is 0.691. The minimum Gasteiger partial charge on any atom is -0.324 e. The molecule has 0 saturated carbocycles. The van der Waals surface area contributed by atoms with Crippen LogP contribution in [-0.4, -0.2) is 4.57 Å². The third kappa shape index (κ3) is 2.15. The fourth-order valence-electron chi connectivity index (χ4n) is 1.68. The van der Waals surface area contributed by atoms with Gasteiger partial charge in [0.15, 0.2) is 5.43 Å². The molecule has 0 bridgehead atoms. The molecular formula is C13H13NO. The Balaban J connectivity index is 2.53. The Bertz CT molecular complexity index is 500. The fourth-order valence-corrected chi connectivity index (χ4v) is 1.68. The maximum Gasteiger partial charge on any atom is 0.181 e. The van der Waals surface area contributed by atoms with Gasteiger partial charge in [0.25, 0.3) is 0 Å². The zero-order chi connectivity index (χ0) is 10.8. The summed E-state index contributed by atoms with van der Waals surface area (Å²) in [4.78, 5) is 11.0. The van der Waals surface area contributed by atoms with Gasteiger partial charge in [-0.1, -0.05) is 6.07 Å². The lowest BCUT2D eigenvalue weighted by molar-refractivity contribution is 1.03. The van der Waals surface area contributed by atoms with Gasteiger partial charge in [0.05, 0.1) is 0 Å². The highest BCUT2D eigenvalue weighted by molar-refractivity contribution is 5.39. The highest BCUT2D eigenvalue weighted by atomic mass is 16.1. The van der Waals surface area contributed by atoms with Crippen molar-refractivity contribution in [2.75, 3.05) is 0 Å². The van der Waals surface area contributed by atoms with Crippen LogP contribution < -0.4 is 5.43 Å². The van der Waals surface area contributed by atoms with Crippen LogP contribution in [0.25, 0.3) is 5.69 Å². The summed E-state index contributed by atoms with van der Waals surface area (Å²) in [7, 11) is 0. The van der Waals surface area contributed by atoms with E-state index < -0.39 is 0 Å². The van der Waals surface area contributed by atoms with E-state index in [2.05, 4.69) is 32.0 Å². The van der Waals surface area contributed by atoms with E-state index >= 15 is 0 Å². The molecule has 0 spiro atoms. The van der Waals surface area contributed by atoms with Gasteiger partial charge in [0.1, 0.15) is 0 Å². The lowest BCUT2D eigenvalue weighted by atomic mass is 10.1. The van der Waals surface area contributed by atoms with Crippen LogP contribution in [0.3, 0.4) is 0 Å². The van der Waals surface area contributed by atoms with E-state index in [-0.39, 0.29) is 5.43 Å². The Morgan fingerprint density at radius 3 is 2.00 bits per heavy atom. The van der Waals surface area contributed by atoms with Crippen molar-refractivity contribution in [1.82, 2.24) is 4.57 Å². The van der Waals surface area contributed by atoms with Crippen LogP contribution in [0, 0.1) is 13.8 Å². The van der Waals surface area contributed by atoms with E-state index in [9.17, 15) is 4.79 Å². The molecule has 0 radical (unpaired) electrons. The fraction of sp³-hybridized carbons (Fsp3) is 0.154. The molecule has 15 heavy (non-hydrogen) atoms. The third-order valence-electron chi connectivity index (χ3n) is 2.30. The summed E-state index contributed by atoms with van der Waals surface area (Å²) >= 11 is 0. The van der Waals surface area contributed by atoms with Crippen LogP contribution in [0.4, 0.5) is 0 Å².